The van der Waals surface area contributed by atoms with Gasteiger partial charge in [0.25, 0.3) is 0 Å². The maximum atomic E-state index is 13.7. The Morgan fingerprint density at radius 3 is 2.52 bits per heavy atom. The van der Waals surface area contributed by atoms with Gasteiger partial charge in [-0.1, -0.05) is 12.8 Å². The molecule has 4 rings (SSSR count). The van der Waals surface area contributed by atoms with Gasteiger partial charge in [0, 0.05) is 6.07 Å². The van der Waals surface area contributed by atoms with Gasteiger partial charge < -0.3 is 10.5 Å². The first-order valence-corrected chi connectivity index (χ1v) is 8.36. The zero-order valence-corrected chi connectivity index (χ0v) is 13.6. The van der Waals surface area contributed by atoms with Crippen LogP contribution in [0.3, 0.4) is 0 Å². The van der Waals surface area contributed by atoms with Crippen molar-refractivity contribution in [1.29, 1.82) is 0 Å². The first-order valence-electron chi connectivity index (χ1n) is 8.36. The Bertz CT molecular complexity index is 832. The molecule has 1 amide bonds. The summed E-state index contributed by atoms with van der Waals surface area (Å²) < 4.78 is 32.0. The number of ether oxygens (including phenoxy) is 1. The predicted octanol–water partition coefficient (Wildman–Crippen LogP) is 3.84. The highest BCUT2D eigenvalue weighted by molar-refractivity contribution is 5.91. The fourth-order valence-corrected chi connectivity index (χ4v) is 4.33. The second-order valence-corrected chi connectivity index (χ2v) is 6.99. The van der Waals surface area contributed by atoms with Crippen molar-refractivity contribution >= 4 is 5.91 Å². The molecule has 1 aromatic heterocycles. The van der Waals surface area contributed by atoms with Crippen LogP contribution in [-0.2, 0) is 10.2 Å². The Morgan fingerprint density at radius 1 is 1.16 bits per heavy atom. The largest absolute Gasteiger partial charge is 0.453 e. The Kier molecular flexibility index (Phi) is 3.52. The number of aromatic nitrogens is 1. The third-order valence-corrected chi connectivity index (χ3v) is 5.66. The fraction of sp³-hybridized carbons (Fsp3) is 0.368. The predicted molar refractivity (Wildman–Crippen MR) is 87.1 cm³/mol. The van der Waals surface area contributed by atoms with E-state index in [-0.39, 0.29) is 17.1 Å². The van der Waals surface area contributed by atoms with E-state index in [4.69, 9.17) is 10.5 Å². The summed E-state index contributed by atoms with van der Waals surface area (Å²) >= 11 is 0. The maximum absolute atomic E-state index is 13.7. The lowest BCUT2D eigenvalue weighted by Gasteiger charge is -2.19. The molecule has 1 spiro atoms. The smallest absolute Gasteiger partial charge is 0.230 e. The number of hydrogen-bond acceptors (Lipinski definition) is 3. The van der Waals surface area contributed by atoms with Crippen molar-refractivity contribution in [2.75, 3.05) is 0 Å². The SMILES string of the molecule is NC(=O)C1(c2ccc(Oc3ccc(F)cc3F)cn2)CC12CCCC2. The quantitative estimate of drug-likeness (QED) is 0.916. The van der Waals surface area contributed by atoms with Gasteiger partial charge in [0.1, 0.15) is 11.6 Å². The molecule has 0 aliphatic heterocycles. The van der Waals surface area contributed by atoms with E-state index in [9.17, 15) is 13.6 Å². The number of nitrogens with two attached hydrogens (primary N) is 1. The summed E-state index contributed by atoms with van der Waals surface area (Å²) in [5.41, 5.74) is 5.63. The summed E-state index contributed by atoms with van der Waals surface area (Å²) in [5, 5.41) is 0. The molecule has 25 heavy (non-hydrogen) atoms. The number of hydrogen-bond donors (Lipinski definition) is 1. The lowest BCUT2D eigenvalue weighted by Crippen LogP contribution is -2.34. The van der Waals surface area contributed by atoms with Crippen molar-refractivity contribution in [1.82, 2.24) is 4.98 Å². The average Bonchev–Trinajstić information content (AvgIpc) is 2.99. The molecule has 1 aromatic carbocycles. The van der Waals surface area contributed by atoms with Gasteiger partial charge in [-0.3, -0.25) is 9.78 Å². The Morgan fingerprint density at radius 2 is 1.92 bits per heavy atom. The molecule has 0 bridgehead atoms. The van der Waals surface area contributed by atoms with Crippen molar-refractivity contribution in [2.24, 2.45) is 11.1 Å². The summed E-state index contributed by atoms with van der Waals surface area (Å²) in [6.45, 7) is 0. The summed E-state index contributed by atoms with van der Waals surface area (Å²) in [7, 11) is 0. The minimum atomic E-state index is -0.787. The van der Waals surface area contributed by atoms with Crippen LogP contribution in [0.25, 0.3) is 0 Å². The van der Waals surface area contributed by atoms with Gasteiger partial charge >= 0.3 is 0 Å². The molecular formula is C19H18F2N2O2. The maximum Gasteiger partial charge on any atom is 0.230 e. The topological polar surface area (TPSA) is 65.2 Å². The van der Waals surface area contributed by atoms with Crippen molar-refractivity contribution < 1.29 is 18.3 Å². The second-order valence-electron chi connectivity index (χ2n) is 6.99. The summed E-state index contributed by atoms with van der Waals surface area (Å²) in [4.78, 5) is 16.5. The van der Waals surface area contributed by atoms with E-state index in [0.717, 1.165) is 44.2 Å². The van der Waals surface area contributed by atoms with Crippen LogP contribution in [0.4, 0.5) is 8.78 Å². The molecule has 2 aromatic rings. The number of primary amides is 1. The number of halogens is 2. The molecule has 1 unspecified atom stereocenters. The lowest BCUT2D eigenvalue weighted by molar-refractivity contribution is -0.121. The van der Waals surface area contributed by atoms with E-state index in [1.807, 2.05) is 0 Å². The molecule has 4 nitrogen and oxygen atoms in total. The Balaban J connectivity index is 1.59. The number of nitrogens with zero attached hydrogens (tertiary/aromatic N) is 1. The van der Waals surface area contributed by atoms with Crippen LogP contribution in [0.2, 0.25) is 0 Å². The highest BCUT2D eigenvalue weighted by atomic mass is 19.1. The zero-order valence-electron chi connectivity index (χ0n) is 13.6. The number of amides is 1. The molecule has 2 saturated carbocycles. The van der Waals surface area contributed by atoms with Gasteiger partial charge in [0.15, 0.2) is 11.6 Å². The van der Waals surface area contributed by atoms with E-state index in [1.54, 1.807) is 12.1 Å². The van der Waals surface area contributed by atoms with E-state index >= 15 is 0 Å². The van der Waals surface area contributed by atoms with Gasteiger partial charge in [-0.25, -0.2) is 8.78 Å². The summed E-state index contributed by atoms with van der Waals surface area (Å²) in [5.74, 6) is -1.56. The monoisotopic (exact) mass is 344 g/mol. The second kappa shape index (κ2) is 5.51. The third-order valence-electron chi connectivity index (χ3n) is 5.66. The molecule has 0 saturated heterocycles. The van der Waals surface area contributed by atoms with Gasteiger partial charge in [-0.2, -0.15) is 0 Å². The molecule has 0 radical (unpaired) electrons. The van der Waals surface area contributed by atoms with E-state index < -0.39 is 17.0 Å². The first-order chi connectivity index (χ1) is 12.0. The van der Waals surface area contributed by atoms with E-state index in [1.165, 1.54) is 12.3 Å². The first kappa shape index (κ1) is 16.0. The fourth-order valence-electron chi connectivity index (χ4n) is 4.33. The van der Waals surface area contributed by atoms with Gasteiger partial charge in [0.05, 0.1) is 17.3 Å². The van der Waals surface area contributed by atoms with Gasteiger partial charge in [-0.15, -0.1) is 0 Å². The number of rotatable bonds is 4. The molecule has 1 heterocycles. The van der Waals surface area contributed by atoms with Crippen LogP contribution in [0.5, 0.6) is 11.5 Å². The molecule has 2 aliphatic carbocycles. The molecule has 2 aliphatic rings. The minimum Gasteiger partial charge on any atom is -0.453 e. The van der Waals surface area contributed by atoms with Gasteiger partial charge in [0.2, 0.25) is 5.91 Å². The highest BCUT2D eigenvalue weighted by Gasteiger charge is 2.72. The third kappa shape index (κ3) is 2.39. The summed E-state index contributed by atoms with van der Waals surface area (Å²) in [6.07, 6.45) is 6.41. The minimum absolute atomic E-state index is 0.0444. The van der Waals surface area contributed by atoms with Crippen LogP contribution in [0, 0.1) is 17.0 Å². The van der Waals surface area contributed by atoms with Crippen LogP contribution < -0.4 is 10.5 Å². The molecule has 2 fully saturated rings. The number of benzene rings is 1. The Hall–Kier alpha value is -2.50. The number of pyridine rings is 1. The van der Waals surface area contributed by atoms with Crippen molar-refractivity contribution in [3.63, 3.8) is 0 Å². The van der Waals surface area contributed by atoms with E-state index in [0.29, 0.717) is 11.4 Å². The normalized spacial score (nSPS) is 23.6. The van der Waals surface area contributed by atoms with Crippen LogP contribution >= 0.6 is 0 Å². The van der Waals surface area contributed by atoms with Crippen molar-refractivity contribution in [2.45, 2.75) is 37.5 Å². The van der Waals surface area contributed by atoms with Crippen LogP contribution in [0.1, 0.15) is 37.8 Å². The molecule has 6 heteroatoms. The molecule has 1 atom stereocenters. The van der Waals surface area contributed by atoms with Crippen molar-refractivity contribution in [3.05, 3.63) is 53.9 Å². The van der Waals surface area contributed by atoms with Crippen LogP contribution in [0.15, 0.2) is 36.5 Å². The Labute approximate surface area is 144 Å². The molecule has 130 valence electrons. The van der Waals surface area contributed by atoms with E-state index in [2.05, 4.69) is 4.98 Å². The number of carbonyl (C=O) groups excluding carboxylic acids is 1. The van der Waals surface area contributed by atoms with Crippen molar-refractivity contribution in [3.8, 4) is 11.5 Å². The number of carbonyl (C=O) groups is 1. The molecular weight excluding hydrogens is 326 g/mol. The molecule has 2 N–H and O–H groups in total. The lowest BCUT2D eigenvalue weighted by atomic mass is 9.87. The average molecular weight is 344 g/mol. The summed E-state index contributed by atoms with van der Waals surface area (Å²) in [6, 6.07) is 6.45. The zero-order chi connectivity index (χ0) is 17.7. The van der Waals surface area contributed by atoms with Gasteiger partial charge in [-0.05, 0) is 48.9 Å². The standard InChI is InChI=1S/C19H18F2N2O2/c20-12-3-5-15(14(21)9-12)25-13-4-6-16(23-10-13)19(17(22)24)11-18(19)7-1-2-8-18/h3-6,9-10H,1-2,7-8,11H2,(H2,22,24). The van der Waals surface area contributed by atoms with Crippen LogP contribution in [-0.4, -0.2) is 10.9 Å². The highest BCUT2D eigenvalue weighted by Crippen LogP contribution is 2.71.